The van der Waals surface area contributed by atoms with Gasteiger partial charge < -0.3 is 14.6 Å². The predicted octanol–water partition coefficient (Wildman–Crippen LogP) is 4.53. The number of hydrogen-bond donors (Lipinski definition) is 1. The van der Waals surface area contributed by atoms with Crippen molar-refractivity contribution in [1.82, 2.24) is 0 Å². The highest BCUT2D eigenvalue weighted by Gasteiger charge is 2.37. The molecule has 1 N–H and O–H groups in total. The monoisotopic (exact) mass is 499 g/mol. The summed E-state index contributed by atoms with van der Waals surface area (Å²) in [5, 5.41) is 9.86. The zero-order valence-corrected chi connectivity index (χ0v) is 19.7. The second-order valence-corrected chi connectivity index (χ2v) is 10.6. The van der Waals surface area contributed by atoms with Crippen LogP contribution in [0.3, 0.4) is 0 Å². The molecule has 34 heavy (non-hydrogen) atoms. The second-order valence-electron chi connectivity index (χ2n) is 8.82. The average molecular weight is 500 g/mol. The maximum Gasteiger partial charge on any atom is 0.416 e. The number of ether oxygens (including phenoxy) is 2. The normalized spacial score (nSPS) is 19.7. The van der Waals surface area contributed by atoms with Crippen LogP contribution in [0.2, 0.25) is 0 Å². The van der Waals surface area contributed by atoms with E-state index < -0.39 is 34.4 Å². The topological polar surface area (TPSA) is 76.1 Å². The predicted molar refractivity (Wildman–Crippen MR) is 120 cm³/mol. The first-order valence-electron chi connectivity index (χ1n) is 11.3. The molecule has 0 bridgehead atoms. The molecule has 4 rings (SSSR count). The molecular weight excluding hydrogens is 471 g/mol. The van der Waals surface area contributed by atoms with Crippen LogP contribution in [0.25, 0.3) is 0 Å². The Hall–Kier alpha value is -2.30. The van der Waals surface area contributed by atoms with Gasteiger partial charge in [-0.15, -0.1) is 0 Å². The van der Waals surface area contributed by atoms with E-state index in [1.165, 1.54) is 28.6 Å². The molecule has 0 radical (unpaired) electrons. The zero-order chi connectivity index (χ0) is 24.5. The van der Waals surface area contributed by atoms with Crippen LogP contribution in [0.15, 0.2) is 41.3 Å². The van der Waals surface area contributed by atoms with E-state index in [2.05, 4.69) is 0 Å². The summed E-state index contributed by atoms with van der Waals surface area (Å²) in [5.41, 5.74) is 0.129. The van der Waals surface area contributed by atoms with Gasteiger partial charge in [-0.3, -0.25) is 4.31 Å². The maximum absolute atomic E-state index is 13.6. The number of sulfonamides is 1. The van der Waals surface area contributed by atoms with E-state index in [0.29, 0.717) is 55.5 Å². The van der Waals surface area contributed by atoms with Gasteiger partial charge in [-0.2, -0.15) is 13.2 Å². The summed E-state index contributed by atoms with van der Waals surface area (Å²) in [5.74, 6) is 0.742. The minimum atomic E-state index is -4.50. The number of aryl methyl sites for hydroxylation is 1. The Morgan fingerprint density at radius 2 is 1.85 bits per heavy atom. The van der Waals surface area contributed by atoms with Crippen LogP contribution in [0.4, 0.5) is 18.9 Å². The molecule has 6 nitrogen and oxygen atoms in total. The maximum atomic E-state index is 13.6. The third kappa shape index (κ3) is 5.04. The van der Waals surface area contributed by atoms with Gasteiger partial charge in [0.1, 0.15) is 5.75 Å². The van der Waals surface area contributed by atoms with Crippen molar-refractivity contribution >= 4 is 15.7 Å². The van der Waals surface area contributed by atoms with Crippen molar-refractivity contribution < 1.29 is 36.2 Å². The number of benzene rings is 2. The summed E-state index contributed by atoms with van der Waals surface area (Å²) in [6.45, 7) is 3.13. The van der Waals surface area contributed by atoms with Gasteiger partial charge in [0, 0.05) is 24.8 Å². The number of alkyl halides is 3. The Kier molecular flexibility index (Phi) is 7.12. The summed E-state index contributed by atoms with van der Waals surface area (Å²) < 4.78 is 79.1. The van der Waals surface area contributed by atoms with Gasteiger partial charge in [-0.1, -0.05) is 0 Å². The number of aliphatic hydroxyl groups is 1. The van der Waals surface area contributed by atoms with Crippen LogP contribution < -0.4 is 9.04 Å². The molecule has 10 heteroatoms. The minimum absolute atomic E-state index is 0.0467. The van der Waals surface area contributed by atoms with E-state index in [9.17, 15) is 26.7 Å². The number of rotatable bonds is 6. The number of fused-ring (bicyclic) bond motifs is 1. The lowest BCUT2D eigenvalue weighted by Gasteiger charge is -2.36. The van der Waals surface area contributed by atoms with Crippen molar-refractivity contribution in [3.05, 3.63) is 53.1 Å². The van der Waals surface area contributed by atoms with Crippen molar-refractivity contribution in [3.8, 4) is 5.75 Å². The second kappa shape index (κ2) is 9.75. The molecule has 0 amide bonds. The Morgan fingerprint density at radius 3 is 2.53 bits per heavy atom. The highest BCUT2D eigenvalue weighted by Crippen LogP contribution is 2.39. The molecule has 186 valence electrons. The molecule has 0 aliphatic carbocycles. The van der Waals surface area contributed by atoms with E-state index in [-0.39, 0.29) is 10.6 Å². The van der Waals surface area contributed by atoms with E-state index >= 15 is 0 Å². The number of anilines is 1. The van der Waals surface area contributed by atoms with E-state index in [1.807, 2.05) is 0 Å². The number of aliphatic hydroxyl groups excluding tert-OH is 1. The number of halogens is 3. The number of nitrogens with zero attached hydrogens (tertiary/aromatic N) is 1. The van der Waals surface area contributed by atoms with Crippen LogP contribution in [-0.4, -0.2) is 39.4 Å². The first-order chi connectivity index (χ1) is 16.1. The van der Waals surface area contributed by atoms with Crippen LogP contribution in [0.5, 0.6) is 5.75 Å². The largest absolute Gasteiger partial charge is 0.493 e. The fraction of sp³-hybridized carbons (Fsp3) is 0.500. The smallest absolute Gasteiger partial charge is 0.416 e. The first kappa shape index (κ1) is 24.8. The lowest BCUT2D eigenvalue weighted by molar-refractivity contribution is -0.137. The first-order valence-corrected chi connectivity index (χ1v) is 12.7. The fourth-order valence-electron chi connectivity index (χ4n) is 4.48. The molecule has 1 saturated heterocycles. The average Bonchev–Trinajstić information content (AvgIpc) is 2.82. The minimum Gasteiger partial charge on any atom is -0.493 e. The third-order valence-corrected chi connectivity index (χ3v) is 8.37. The van der Waals surface area contributed by atoms with Crippen LogP contribution in [0, 0.1) is 5.92 Å². The molecule has 2 aromatic rings. The van der Waals surface area contributed by atoms with Crippen LogP contribution in [0.1, 0.15) is 42.9 Å². The highest BCUT2D eigenvalue weighted by atomic mass is 32.2. The molecule has 2 aliphatic heterocycles. The molecule has 2 aliphatic rings. The van der Waals surface area contributed by atoms with Crippen molar-refractivity contribution in [3.63, 3.8) is 0 Å². The third-order valence-electron chi connectivity index (χ3n) is 6.45. The van der Waals surface area contributed by atoms with Crippen molar-refractivity contribution in [2.24, 2.45) is 5.92 Å². The Bertz CT molecular complexity index is 1130. The number of hydrogen-bond acceptors (Lipinski definition) is 5. The summed E-state index contributed by atoms with van der Waals surface area (Å²) in [6, 6.07) is 7.04. The van der Waals surface area contributed by atoms with Crippen molar-refractivity contribution in [2.75, 3.05) is 24.1 Å². The van der Waals surface area contributed by atoms with Gasteiger partial charge in [0.15, 0.2) is 0 Å². The van der Waals surface area contributed by atoms with E-state index in [1.54, 1.807) is 6.92 Å². The van der Waals surface area contributed by atoms with E-state index in [0.717, 1.165) is 25.0 Å². The Morgan fingerprint density at radius 1 is 1.12 bits per heavy atom. The van der Waals surface area contributed by atoms with Crippen molar-refractivity contribution in [1.29, 1.82) is 0 Å². The molecular formula is C24H28F3NO5S. The lowest BCUT2D eigenvalue weighted by atomic mass is 9.97. The summed E-state index contributed by atoms with van der Waals surface area (Å²) in [6.07, 6.45) is -2.00. The van der Waals surface area contributed by atoms with Gasteiger partial charge in [0.05, 0.1) is 29.4 Å². The molecule has 2 aromatic carbocycles. The molecule has 0 aromatic heterocycles. The summed E-state index contributed by atoms with van der Waals surface area (Å²) in [4.78, 5) is -0.0467. The van der Waals surface area contributed by atoms with Crippen LogP contribution >= 0.6 is 0 Å². The van der Waals surface area contributed by atoms with Gasteiger partial charge >= 0.3 is 6.18 Å². The SMILES string of the molecule is CC1CCc2cc(C(F)(F)F)ccc2N1S(=O)(=O)c1ccc(OCC2CCOCC2)c(CO)c1. The van der Waals surface area contributed by atoms with Crippen LogP contribution in [-0.2, 0) is 34.0 Å². The standard InChI is InChI=1S/C24H28F3NO5S/c1-16-2-3-18-12-20(24(25,26)27)4-6-22(18)28(16)34(30,31)21-5-7-23(19(13-21)14-29)33-15-17-8-10-32-11-9-17/h4-7,12-13,16-17,29H,2-3,8-11,14-15H2,1H3. The molecule has 1 unspecified atom stereocenters. The summed E-state index contributed by atoms with van der Waals surface area (Å²) in [7, 11) is -4.09. The van der Waals surface area contributed by atoms with Gasteiger partial charge in [0.2, 0.25) is 0 Å². The molecule has 1 fully saturated rings. The molecule has 2 heterocycles. The van der Waals surface area contributed by atoms with Gasteiger partial charge in [0.25, 0.3) is 10.0 Å². The molecule has 1 atom stereocenters. The highest BCUT2D eigenvalue weighted by molar-refractivity contribution is 7.92. The van der Waals surface area contributed by atoms with E-state index in [4.69, 9.17) is 9.47 Å². The molecule has 0 saturated carbocycles. The Labute approximate surface area is 197 Å². The lowest BCUT2D eigenvalue weighted by Crippen LogP contribution is -2.42. The Balaban J connectivity index is 1.62. The summed E-state index contributed by atoms with van der Waals surface area (Å²) >= 11 is 0. The van der Waals surface area contributed by atoms with Gasteiger partial charge in [-0.25, -0.2) is 8.42 Å². The van der Waals surface area contributed by atoms with Gasteiger partial charge in [-0.05, 0) is 80.5 Å². The molecule has 0 spiro atoms. The fourth-order valence-corrected chi connectivity index (χ4v) is 6.25. The zero-order valence-electron chi connectivity index (χ0n) is 18.8. The van der Waals surface area contributed by atoms with Crippen molar-refractivity contribution in [2.45, 2.75) is 56.3 Å². The quantitative estimate of drug-likeness (QED) is 0.632.